The SMILES string of the molecule is C=C[C@@](C)(c1ccc(Cl)cc1)[Si](C)(C)c1ccccc1. The number of halogens is 1. The first kappa shape index (κ1) is 15.1. The third kappa shape index (κ3) is 2.48. The molecule has 0 fully saturated rings. The van der Waals surface area contributed by atoms with Crippen molar-refractivity contribution in [2.75, 3.05) is 0 Å². The second-order valence-corrected chi connectivity index (χ2v) is 11.2. The van der Waals surface area contributed by atoms with Crippen LogP contribution in [0.5, 0.6) is 0 Å². The van der Waals surface area contributed by atoms with Gasteiger partial charge in [-0.2, -0.15) is 0 Å². The third-order valence-corrected chi connectivity index (χ3v) is 9.76. The zero-order valence-corrected chi connectivity index (χ0v) is 14.1. The van der Waals surface area contributed by atoms with Crippen molar-refractivity contribution in [3.8, 4) is 0 Å². The Morgan fingerprint density at radius 1 is 1.00 bits per heavy atom. The van der Waals surface area contributed by atoms with Crippen LogP contribution in [-0.2, 0) is 5.04 Å². The second-order valence-electron chi connectivity index (χ2n) is 5.90. The zero-order chi connectivity index (χ0) is 14.8. The van der Waals surface area contributed by atoms with Crippen molar-refractivity contribution >= 4 is 24.9 Å². The van der Waals surface area contributed by atoms with E-state index in [1.165, 1.54) is 10.8 Å². The van der Waals surface area contributed by atoms with Crippen molar-refractivity contribution in [1.82, 2.24) is 0 Å². The van der Waals surface area contributed by atoms with Crippen LogP contribution < -0.4 is 5.19 Å². The standard InChI is InChI=1S/C18H21ClSi/c1-5-18(2,15-11-13-16(19)14-12-15)20(3,4)17-9-7-6-8-10-17/h5-14H,1H2,2-4H3/t18-/m0/s1. The maximum atomic E-state index is 6.02. The highest BCUT2D eigenvalue weighted by Gasteiger charge is 2.43. The topological polar surface area (TPSA) is 0 Å². The van der Waals surface area contributed by atoms with Crippen molar-refractivity contribution < 1.29 is 0 Å². The van der Waals surface area contributed by atoms with Crippen LogP contribution in [0.2, 0.25) is 18.1 Å². The molecule has 0 bridgehead atoms. The summed E-state index contributed by atoms with van der Waals surface area (Å²) in [5.74, 6) is 0. The van der Waals surface area contributed by atoms with Crippen molar-refractivity contribution in [3.63, 3.8) is 0 Å². The van der Waals surface area contributed by atoms with Crippen LogP contribution in [0.15, 0.2) is 67.3 Å². The van der Waals surface area contributed by atoms with Crippen molar-refractivity contribution in [1.29, 1.82) is 0 Å². The monoisotopic (exact) mass is 300 g/mol. The summed E-state index contributed by atoms with van der Waals surface area (Å²) in [6.45, 7) is 11.2. The van der Waals surface area contributed by atoms with E-state index in [0.717, 1.165) is 5.02 Å². The average molecular weight is 301 g/mol. The summed E-state index contributed by atoms with van der Waals surface area (Å²) in [7, 11) is -1.75. The molecule has 0 heterocycles. The van der Waals surface area contributed by atoms with Crippen LogP contribution in [0, 0.1) is 0 Å². The molecule has 0 radical (unpaired) electrons. The summed E-state index contributed by atoms with van der Waals surface area (Å²) in [4.78, 5) is 0. The fraction of sp³-hybridized carbons (Fsp3) is 0.222. The molecule has 2 aromatic rings. The molecule has 0 aliphatic heterocycles. The molecule has 2 heteroatoms. The molecule has 0 N–H and O–H groups in total. The van der Waals surface area contributed by atoms with Gasteiger partial charge in [0.2, 0.25) is 0 Å². The highest BCUT2D eigenvalue weighted by molar-refractivity contribution is 6.92. The minimum absolute atomic E-state index is 0.0288. The number of hydrogen-bond donors (Lipinski definition) is 0. The predicted octanol–water partition coefficient (Wildman–Crippen LogP) is 4.94. The minimum Gasteiger partial charge on any atom is -0.102 e. The lowest BCUT2D eigenvalue weighted by Gasteiger charge is -2.41. The van der Waals surface area contributed by atoms with E-state index < -0.39 is 8.07 Å². The van der Waals surface area contributed by atoms with Crippen LogP contribution in [-0.4, -0.2) is 8.07 Å². The van der Waals surface area contributed by atoms with Crippen molar-refractivity contribution in [3.05, 3.63) is 77.8 Å². The second kappa shape index (κ2) is 5.59. The van der Waals surface area contributed by atoms with Gasteiger partial charge in [0, 0.05) is 10.1 Å². The van der Waals surface area contributed by atoms with Crippen LogP contribution in [0.4, 0.5) is 0 Å². The molecule has 1 atom stereocenters. The summed E-state index contributed by atoms with van der Waals surface area (Å²) in [5, 5.41) is 2.19. The first-order valence-corrected chi connectivity index (χ1v) is 10.2. The van der Waals surface area contributed by atoms with Gasteiger partial charge >= 0.3 is 0 Å². The Morgan fingerprint density at radius 3 is 2.05 bits per heavy atom. The maximum absolute atomic E-state index is 6.02. The Labute approximate surface area is 128 Å². The molecule has 0 saturated heterocycles. The van der Waals surface area contributed by atoms with E-state index in [-0.39, 0.29) is 5.04 Å². The number of hydrogen-bond acceptors (Lipinski definition) is 0. The molecular weight excluding hydrogens is 280 g/mol. The Hall–Kier alpha value is -1.31. The van der Waals surface area contributed by atoms with Crippen LogP contribution >= 0.6 is 11.6 Å². The molecule has 0 aliphatic rings. The fourth-order valence-electron chi connectivity index (χ4n) is 2.68. The number of allylic oxidation sites excluding steroid dienone is 1. The van der Waals surface area contributed by atoms with Gasteiger partial charge in [0.1, 0.15) is 0 Å². The lowest BCUT2D eigenvalue weighted by atomic mass is 10.0. The van der Waals surface area contributed by atoms with Gasteiger partial charge in [0.25, 0.3) is 0 Å². The molecule has 2 aromatic carbocycles. The average Bonchev–Trinajstić information content (AvgIpc) is 2.48. The lowest BCUT2D eigenvalue weighted by Crippen LogP contribution is -2.57. The van der Waals surface area contributed by atoms with Crippen LogP contribution in [0.25, 0.3) is 0 Å². The fourth-order valence-corrected chi connectivity index (χ4v) is 5.83. The third-order valence-electron chi connectivity index (χ3n) is 4.65. The highest BCUT2D eigenvalue weighted by atomic mass is 35.5. The summed E-state index contributed by atoms with van der Waals surface area (Å²) in [6.07, 6.45) is 2.11. The zero-order valence-electron chi connectivity index (χ0n) is 12.4. The molecule has 0 aromatic heterocycles. The summed E-state index contributed by atoms with van der Waals surface area (Å²) < 4.78 is 0. The molecular formula is C18H21ClSi. The quantitative estimate of drug-likeness (QED) is 0.554. The van der Waals surface area contributed by atoms with E-state index in [4.69, 9.17) is 11.6 Å². The van der Waals surface area contributed by atoms with Gasteiger partial charge in [-0.05, 0) is 17.7 Å². The number of rotatable bonds is 4. The lowest BCUT2D eigenvalue weighted by molar-refractivity contribution is 0.819. The van der Waals surface area contributed by atoms with E-state index >= 15 is 0 Å². The minimum atomic E-state index is -1.75. The molecule has 104 valence electrons. The van der Waals surface area contributed by atoms with Crippen LogP contribution in [0.3, 0.4) is 0 Å². The molecule has 2 rings (SSSR count). The van der Waals surface area contributed by atoms with E-state index in [1.54, 1.807) is 0 Å². The maximum Gasteiger partial charge on any atom is 0.0950 e. The van der Waals surface area contributed by atoms with Gasteiger partial charge in [-0.3, -0.25) is 0 Å². The first-order chi connectivity index (χ1) is 9.41. The van der Waals surface area contributed by atoms with E-state index in [0.29, 0.717) is 0 Å². The van der Waals surface area contributed by atoms with Gasteiger partial charge in [-0.15, -0.1) is 6.58 Å². The normalized spacial score (nSPS) is 14.6. The van der Waals surface area contributed by atoms with Gasteiger partial charge < -0.3 is 0 Å². The van der Waals surface area contributed by atoms with Crippen LogP contribution in [0.1, 0.15) is 12.5 Å². The van der Waals surface area contributed by atoms with Gasteiger partial charge in [0.05, 0.1) is 8.07 Å². The van der Waals surface area contributed by atoms with Gasteiger partial charge in [-0.1, -0.05) is 85.3 Å². The first-order valence-electron chi connectivity index (χ1n) is 6.87. The Bertz CT molecular complexity index is 587. The number of benzene rings is 2. The van der Waals surface area contributed by atoms with Gasteiger partial charge in [0.15, 0.2) is 0 Å². The van der Waals surface area contributed by atoms with Crippen molar-refractivity contribution in [2.24, 2.45) is 0 Å². The summed E-state index contributed by atoms with van der Waals surface area (Å²) in [5.41, 5.74) is 1.29. The van der Waals surface area contributed by atoms with E-state index in [9.17, 15) is 0 Å². The Balaban J connectivity index is 2.55. The Kier molecular flexibility index (Phi) is 4.21. The molecule has 0 spiro atoms. The van der Waals surface area contributed by atoms with E-state index in [2.05, 4.69) is 75.1 Å². The molecule has 20 heavy (non-hydrogen) atoms. The Morgan fingerprint density at radius 2 is 1.55 bits per heavy atom. The predicted molar refractivity (Wildman–Crippen MR) is 92.6 cm³/mol. The van der Waals surface area contributed by atoms with E-state index in [1.807, 2.05) is 12.1 Å². The molecule has 0 nitrogen and oxygen atoms in total. The molecule has 0 aliphatic carbocycles. The largest absolute Gasteiger partial charge is 0.102 e. The highest BCUT2D eigenvalue weighted by Crippen LogP contribution is 2.35. The summed E-state index contributed by atoms with van der Waals surface area (Å²) in [6, 6.07) is 19.0. The van der Waals surface area contributed by atoms with Gasteiger partial charge in [-0.25, -0.2) is 0 Å². The summed E-state index contributed by atoms with van der Waals surface area (Å²) >= 11 is 6.02. The van der Waals surface area contributed by atoms with Crippen molar-refractivity contribution in [2.45, 2.75) is 25.1 Å². The molecule has 0 saturated carbocycles. The molecule has 0 unspecified atom stereocenters. The smallest absolute Gasteiger partial charge is 0.0950 e. The molecule has 0 amide bonds.